The Morgan fingerprint density at radius 3 is 2.41 bits per heavy atom. The second kappa shape index (κ2) is 8.74. The Balaban J connectivity index is 1.73. The minimum Gasteiger partial charge on any atom is -0.340 e. The lowest BCUT2D eigenvalue weighted by molar-refractivity contribution is -0.112. The van der Waals surface area contributed by atoms with Gasteiger partial charge in [0.2, 0.25) is 0 Å². The summed E-state index contributed by atoms with van der Waals surface area (Å²) in [5.41, 5.74) is 4.59. The summed E-state index contributed by atoms with van der Waals surface area (Å²) < 4.78 is 2.91. The zero-order valence-electron chi connectivity index (χ0n) is 19.1. The third-order valence-corrected chi connectivity index (χ3v) is 7.45. The molecule has 1 aromatic heterocycles. The number of hydrogen-bond donors (Lipinski definition) is 0. The lowest BCUT2D eigenvalue weighted by Gasteiger charge is -2.28. The quantitative estimate of drug-likeness (QED) is 0.561. The van der Waals surface area contributed by atoms with E-state index in [-0.39, 0.29) is 11.5 Å². The number of fused-ring (bicyclic) bond motifs is 1. The number of benzene rings is 2. The Kier molecular flexibility index (Phi) is 5.75. The maximum atomic E-state index is 13.6. The first-order valence-corrected chi connectivity index (χ1v) is 12.3. The molecule has 0 spiro atoms. The highest BCUT2D eigenvalue weighted by Crippen LogP contribution is 2.30. The van der Waals surface area contributed by atoms with E-state index in [1.54, 1.807) is 35.8 Å². The van der Waals surface area contributed by atoms with Gasteiger partial charge in [-0.05, 0) is 62.7 Å². The minimum absolute atomic E-state index is 0.0991. The maximum Gasteiger partial charge on any atom is 0.283 e. The standard InChI is InChI=1S/C26H23ClN4O2S/c1-4-29-20-9-7-6-8-17(20)10-15-21(29)23-25(33)30(5-2)26(34-23)22-16(3)28-31(24(22)32)19-13-11-18(27)12-14-19/h6-15H,4-5H2,1-3H3. The highest BCUT2D eigenvalue weighted by molar-refractivity contribution is 7.08. The molecular weight excluding hydrogens is 468 g/mol. The zero-order chi connectivity index (χ0) is 24.0. The summed E-state index contributed by atoms with van der Waals surface area (Å²) in [6, 6.07) is 15.1. The molecule has 172 valence electrons. The number of thiazole rings is 1. The predicted octanol–water partition coefficient (Wildman–Crippen LogP) is 3.82. The molecule has 2 aliphatic heterocycles. The fourth-order valence-corrected chi connectivity index (χ4v) is 5.82. The van der Waals surface area contributed by atoms with Crippen LogP contribution < -0.4 is 24.7 Å². The van der Waals surface area contributed by atoms with Gasteiger partial charge in [-0.15, -0.1) is 11.3 Å². The number of rotatable bonds is 3. The van der Waals surface area contributed by atoms with Gasteiger partial charge in [0.05, 0.1) is 22.7 Å². The van der Waals surface area contributed by atoms with E-state index in [4.69, 9.17) is 11.6 Å². The van der Waals surface area contributed by atoms with E-state index < -0.39 is 0 Å². The van der Waals surface area contributed by atoms with Crippen LogP contribution in [0.15, 0.2) is 64.5 Å². The molecule has 0 saturated heterocycles. The molecule has 3 aromatic rings. The lowest BCUT2D eigenvalue weighted by Crippen LogP contribution is -2.37. The number of carbonyl (C=O) groups excluding carboxylic acids is 1. The first kappa shape index (κ1) is 22.4. The van der Waals surface area contributed by atoms with Crippen molar-refractivity contribution < 1.29 is 4.79 Å². The number of nitrogens with zero attached hydrogens (tertiary/aromatic N) is 4. The molecule has 0 unspecified atom stereocenters. The van der Waals surface area contributed by atoms with E-state index in [1.807, 2.05) is 31.2 Å². The summed E-state index contributed by atoms with van der Waals surface area (Å²) in [5, 5.41) is 6.45. The number of para-hydroxylation sites is 1. The summed E-state index contributed by atoms with van der Waals surface area (Å²) in [5.74, 6) is -0.253. The van der Waals surface area contributed by atoms with Crippen LogP contribution >= 0.6 is 22.9 Å². The third-order valence-electron chi connectivity index (χ3n) is 5.99. The van der Waals surface area contributed by atoms with Gasteiger partial charge in [-0.1, -0.05) is 35.9 Å². The second-order valence-corrected chi connectivity index (χ2v) is 9.40. The minimum atomic E-state index is -0.253. The molecule has 0 bridgehead atoms. The van der Waals surface area contributed by atoms with Crippen molar-refractivity contribution in [1.82, 2.24) is 4.57 Å². The normalized spacial score (nSPS) is 18.5. The van der Waals surface area contributed by atoms with Gasteiger partial charge in [-0.3, -0.25) is 14.2 Å². The van der Waals surface area contributed by atoms with Crippen molar-refractivity contribution >= 4 is 63.3 Å². The Morgan fingerprint density at radius 1 is 0.971 bits per heavy atom. The van der Waals surface area contributed by atoms with Crippen LogP contribution in [0.25, 0.3) is 17.3 Å². The SMILES string of the molecule is CCN1C(=c2sc(=C3C(=O)N(c4ccc(Cl)cc4)N=C3C)n(CC)c2=O)C=Cc2ccccc21. The van der Waals surface area contributed by atoms with Gasteiger partial charge in [0, 0.05) is 23.8 Å². The van der Waals surface area contributed by atoms with Crippen LogP contribution in [0, 0.1) is 0 Å². The van der Waals surface area contributed by atoms with Crippen LogP contribution in [0.2, 0.25) is 5.02 Å². The summed E-state index contributed by atoms with van der Waals surface area (Å²) in [6.45, 7) is 6.96. The molecule has 8 heteroatoms. The Labute approximate surface area is 206 Å². The summed E-state index contributed by atoms with van der Waals surface area (Å²) in [7, 11) is 0. The van der Waals surface area contributed by atoms with Crippen LogP contribution in [0.4, 0.5) is 11.4 Å². The highest BCUT2D eigenvalue weighted by atomic mass is 35.5. The smallest absolute Gasteiger partial charge is 0.283 e. The Bertz CT molecular complexity index is 1550. The van der Waals surface area contributed by atoms with Crippen molar-refractivity contribution in [3.8, 4) is 0 Å². The molecule has 0 radical (unpaired) electrons. The number of halogens is 1. The average Bonchev–Trinajstić information content (AvgIpc) is 3.33. The van der Waals surface area contributed by atoms with Crippen molar-refractivity contribution in [1.29, 1.82) is 0 Å². The highest BCUT2D eigenvalue weighted by Gasteiger charge is 2.31. The van der Waals surface area contributed by atoms with E-state index >= 15 is 0 Å². The molecule has 5 rings (SSSR count). The third kappa shape index (κ3) is 3.52. The summed E-state index contributed by atoms with van der Waals surface area (Å²) >= 11 is 7.35. The van der Waals surface area contributed by atoms with Crippen molar-refractivity contribution in [2.45, 2.75) is 27.3 Å². The molecular formula is C26H23ClN4O2S. The van der Waals surface area contributed by atoms with Crippen LogP contribution in [0.5, 0.6) is 0 Å². The van der Waals surface area contributed by atoms with Gasteiger partial charge in [-0.25, -0.2) is 0 Å². The van der Waals surface area contributed by atoms with Crippen LogP contribution in [-0.2, 0) is 11.3 Å². The molecule has 2 aliphatic rings. The average molecular weight is 491 g/mol. The van der Waals surface area contributed by atoms with E-state index in [9.17, 15) is 9.59 Å². The Morgan fingerprint density at radius 2 is 1.71 bits per heavy atom. The van der Waals surface area contributed by atoms with Gasteiger partial charge in [0.1, 0.15) is 9.20 Å². The van der Waals surface area contributed by atoms with E-state index in [0.29, 0.717) is 37.7 Å². The molecule has 6 nitrogen and oxygen atoms in total. The molecule has 34 heavy (non-hydrogen) atoms. The van der Waals surface area contributed by atoms with Gasteiger partial charge in [0.25, 0.3) is 11.5 Å². The number of hydrogen-bond acceptors (Lipinski definition) is 5. The first-order valence-electron chi connectivity index (χ1n) is 11.1. The van der Waals surface area contributed by atoms with E-state index in [0.717, 1.165) is 23.5 Å². The number of hydrazone groups is 1. The predicted molar refractivity (Wildman–Crippen MR) is 141 cm³/mol. The Hall–Kier alpha value is -3.42. The maximum absolute atomic E-state index is 13.6. The van der Waals surface area contributed by atoms with Crippen molar-refractivity contribution in [2.75, 3.05) is 16.5 Å². The van der Waals surface area contributed by atoms with Gasteiger partial charge in [-0.2, -0.15) is 10.1 Å². The van der Waals surface area contributed by atoms with Gasteiger partial charge < -0.3 is 4.90 Å². The van der Waals surface area contributed by atoms with Crippen molar-refractivity contribution in [2.24, 2.45) is 5.10 Å². The van der Waals surface area contributed by atoms with Crippen LogP contribution in [0.3, 0.4) is 0 Å². The topological polar surface area (TPSA) is 57.9 Å². The summed E-state index contributed by atoms with van der Waals surface area (Å²) in [4.78, 5) is 29.2. The number of anilines is 2. The molecule has 0 atom stereocenters. The molecule has 0 aliphatic carbocycles. The second-order valence-electron chi connectivity index (χ2n) is 7.96. The van der Waals surface area contributed by atoms with Gasteiger partial charge in [0.15, 0.2) is 0 Å². The van der Waals surface area contributed by atoms with Gasteiger partial charge >= 0.3 is 0 Å². The molecule has 0 N–H and O–H groups in total. The number of amides is 1. The van der Waals surface area contributed by atoms with E-state index in [1.165, 1.54) is 16.3 Å². The van der Waals surface area contributed by atoms with Crippen molar-refractivity contribution in [3.05, 3.63) is 84.7 Å². The molecule has 1 amide bonds. The zero-order valence-corrected chi connectivity index (χ0v) is 20.7. The fourth-order valence-electron chi connectivity index (χ4n) is 4.36. The van der Waals surface area contributed by atoms with E-state index in [2.05, 4.69) is 29.1 Å². The molecule has 0 saturated carbocycles. The first-order chi connectivity index (χ1) is 16.4. The molecule has 2 aromatic carbocycles. The monoisotopic (exact) mass is 490 g/mol. The fraction of sp³-hybridized carbons (Fsp3) is 0.192. The number of aromatic nitrogens is 1. The van der Waals surface area contributed by atoms with Crippen LogP contribution in [0.1, 0.15) is 26.3 Å². The molecule has 3 heterocycles. The number of carbonyl (C=O) groups is 1. The largest absolute Gasteiger partial charge is 0.340 e. The lowest BCUT2D eigenvalue weighted by atomic mass is 10.1. The summed E-state index contributed by atoms with van der Waals surface area (Å²) in [6.07, 6.45) is 4.03. The van der Waals surface area contributed by atoms with Crippen LogP contribution in [-0.4, -0.2) is 22.7 Å². The van der Waals surface area contributed by atoms with Crippen molar-refractivity contribution in [3.63, 3.8) is 0 Å². The molecule has 0 fully saturated rings. The number of likely N-dealkylation sites (N-methyl/N-ethyl adjacent to an activating group) is 1.